The van der Waals surface area contributed by atoms with Crippen molar-refractivity contribution in [1.82, 2.24) is 20.2 Å². The molecule has 0 amide bonds. The number of aromatic nitrogens is 4. The van der Waals surface area contributed by atoms with Crippen molar-refractivity contribution in [1.29, 1.82) is 0 Å². The van der Waals surface area contributed by atoms with E-state index in [1.807, 2.05) is 13.0 Å². The average molecular weight is 296 g/mol. The maximum atomic E-state index is 5.50. The third kappa shape index (κ3) is 2.46. The van der Waals surface area contributed by atoms with Gasteiger partial charge in [-0.15, -0.1) is 17.4 Å². The lowest BCUT2D eigenvalue weighted by molar-refractivity contribution is 0.353. The van der Waals surface area contributed by atoms with E-state index in [1.165, 1.54) is 7.11 Å². The van der Waals surface area contributed by atoms with Gasteiger partial charge in [0.1, 0.15) is 5.69 Å². The highest BCUT2D eigenvalue weighted by molar-refractivity contribution is 5.65. The fourth-order valence-electron chi connectivity index (χ4n) is 2.48. The molecule has 2 aromatic rings. The second-order valence-corrected chi connectivity index (χ2v) is 5.17. The molecule has 0 spiro atoms. The van der Waals surface area contributed by atoms with E-state index < -0.39 is 0 Å². The zero-order chi connectivity index (χ0) is 15.7. The third-order valence-corrected chi connectivity index (χ3v) is 3.81. The van der Waals surface area contributed by atoms with Crippen molar-refractivity contribution in [3.63, 3.8) is 0 Å². The van der Waals surface area contributed by atoms with Gasteiger partial charge in [0.05, 0.1) is 25.5 Å². The Morgan fingerprint density at radius 1 is 1.27 bits per heavy atom. The minimum absolute atomic E-state index is 0.246. The van der Waals surface area contributed by atoms with Gasteiger partial charge in [0.15, 0.2) is 0 Å². The van der Waals surface area contributed by atoms with Gasteiger partial charge in [-0.05, 0) is 25.0 Å². The number of hydrogen-bond donors (Lipinski definition) is 0. The summed E-state index contributed by atoms with van der Waals surface area (Å²) in [7, 11) is 3.05. The summed E-state index contributed by atoms with van der Waals surface area (Å²) in [6.45, 7) is 1.94. The van der Waals surface area contributed by atoms with Crippen LogP contribution in [0.1, 0.15) is 23.6 Å². The largest absolute Gasteiger partial charge is 0.480 e. The van der Waals surface area contributed by atoms with E-state index >= 15 is 0 Å². The molecule has 0 bridgehead atoms. The van der Waals surface area contributed by atoms with Crippen LogP contribution in [0.2, 0.25) is 0 Å². The number of terminal acetylenes is 1. The van der Waals surface area contributed by atoms with Crippen LogP contribution in [0.3, 0.4) is 0 Å². The van der Waals surface area contributed by atoms with Crippen molar-refractivity contribution in [2.45, 2.75) is 19.3 Å². The van der Waals surface area contributed by atoms with Crippen molar-refractivity contribution in [3.8, 4) is 35.5 Å². The predicted molar refractivity (Wildman–Crippen MR) is 80.6 cm³/mol. The number of hydrogen-bond acceptors (Lipinski definition) is 6. The van der Waals surface area contributed by atoms with Crippen molar-refractivity contribution in [2.75, 3.05) is 14.2 Å². The zero-order valence-electron chi connectivity index (χ0n) is 12.7. The molecule has 6 heteroatoms. The molecule has 2 atom stereocenters. The van der Waals surface area contributed by atoms with Gasteiger partial charge in [-0.2, -0.15) is 10.1 Å². The fourth-order valence-corrected chi connectivity index (χ4v) is 2.48. The molecule has 6 nitrogen and oxygen atoms in total. The van der Waals surface area contributed by atoms with Crippen molar-refractivity contribution < 1.29 is 9.47 Å². The smallest absolute Gasteiger partial charge is 0.319 e. The van der Waals surface area contributed by atoms with Gasteiger partial charge in [0.2, 0.25) is 5.88 Å². The van der Waals surface area contributed by atoms with E-state index in [0.29, 0.717) is 29.0 Å². The molecule has 1 aliphatic rings. The van der Waals surface area contributed by atoms with Crippen LogP contribution >= 0.6 is 0 Å². The summed E-state index contributed by atoms with van der Waals surface area (Å²) in [4.78, 5) is 8.29. The molecule has 112 valence electrons. The molecule has 0 N–H and O–H groups in total. The number of methoxy groups -OCH3 is 2. The summed E-state index contributed by atoms with van der Waals surface area (Å²) < 4.78 is 10.3. The molecule has 2 aromatic heterocycles. The molecule has 2 heterocycles. The number of aryl methyl sites for hydroxylation is 1. The highest BCUT2D eigenvalue weighted by atomic mass is 16.5. The molecule has 22 heavy (non-hydrogen) atoms. The van der Waals surface area contributed by atoms with Gasteiger partial charge in [0, 0.05) is 18.0 Å². The van der Waals surface area contributed by atoms with Gasteiger partial charge in [-0.25, -0.2) is 4.98 Å². The second kappa shape index (κ2) is 5.60. The van der Waals surface area contributed by atoms with Crippen LogP contribution in [0.25, 0.3) is 11.3 Å². The van der Waals surface area contributed by atoms with Crippen LogP contribution in [0, 0.1) is 25.2 Å². The highest BCUT2D eigenvalue weighted by Gasteiger charge is 2.38. The molecule has 1 saturated carbocycles. The van der Waals surface area contributed by atoms with Crippen LogP contribution in [0.15, 0.2) is 12.3 Å². The standard InChI is InChI=1S/C16H16N4O2/c1-5-10-6-12(10)11-7-14(20-19-9(11)2)13-8-17-16(22-4)18-15(13)21-3/h1,7-8,10,12H,6H2,2-4H3/t10-,12-/m0/s1. The van der Waals surface area contributed by atoms with Crippen molar-refractivity contribution >= 4 is 0 Å². The SMILES string of the molecule is C#C[C@H]1C[C@@H]1c1cc(-c2cnc(OC)nc2OC)nnc1C. The number of rotatable bonds is 4. The summed E-state index contributed by atoms with van der Waals surface area (Å²) in [6.07, 6.45) is 8.12. The molecule has 0 unspecified atom stereocenters. The Morgan fingerprint density at radius 3 is 2.73 bits per heavy atom. The van der Waals surface area contributed by atoms with Gasteiger partial charge in [-0.3, -0.25) is 0 Å². The van der Waals surface area contributed by atoms with E-state index in [2.05, 4.69) is 26.1 Å². The quantitative estimate of drug-likeness (QED) is 0.804. The Hall–Kier alpha value is -2.68. The molecule has 1 aliphatic carbocycles. The predicted octanol–water partition coefficient (Wildman–Crippen LogP) is 2.00. The van der Waals surface area contributed by atoms with Crippen LogP contribution in [-0.4, -0.2) is 34.4 Å². The van der Waals surface area contributed by atoms with Gasteiger partial charge < -0.3 is 9.47 Å². The van der Waals surface area contributed by atoms with E-state index in [4.69, 9.17) is 15.9 Å². The first-order chi connectivity index (χ1) is 10.7. The average Bonchev–Trinajstić information content (AvgIpc) is 3.34. The number of ether oxygens (including phenoxy) is 2. The summed E-state index contributed by atoms with van der Waals surface area (Å²) in [5.74, 6) is 3.86. The summed E-state index contributed by atoms with van der Waals surface area (Å²) in [5.41, 5.74) is 3.38. The Morgan fingerprint density at radius 2 is 2.09 bits per heavy atom. The zero-order valence-corrected chi connectivity index (χ0v) is 12.7. The Balaban J connectivity index is 2.02. The lowest BCUT2D eigenvalue weighted by Crippen LogP contribution is -2.01. The maximum Gasteiger partial charge on any atom is 0.319 e. The molecular weight excluding hydrogens is 280 g/mol. The molecular formula is C16H16N4O2. The van der Waals surface area contributed by atoms with Crippen LogP contribution < -0.4 is 9.47 Å². The van der Waals surface area contributed by atoms with Gasteiger partial charge in [0.25, 0.3) is 0 Å². The minimum Gasteiger partial charge on any atom is -0.480 e. The van der Waals surface area contributed by atoms with E-state index in [0.717, 1.165) is 17.7 Å². The topological polar surface area (TPSA) is 70.0 Å². The molecule has 0 saturated heterocycles. The van der Waals surface area contributed by atoms with Crippen molar-refractivity contribution in [3.05, 3.63) is 23.5 Å². The first-order valence-corrected chi connectivity index (χ1v) is 6.93. The Kier molecular flexibility index (Phi) is 3.63. The lowest BCUT2D eigenvalue weighted by atomic mass is 10.1. The van der Waals surface area contributed by atoms with Crippen LogP contribution in [-0.2, 0) is 0 Å². The minimum atomic E-state index is 0.246. The maximum absolute atomic E-state index is 5.50. The summed E-state index contributed by atoms with van der Waals surface area (Å²) in [5, 5.41) is 8.47. The van der Waals surface area contributed by atoms with Gasteiger partial charge >= 0.3 is 6.01 Å². The van der Waals surface area contributed by atoms with E-state index in [-0.39, 0.29) is 6.01 Å². The monoisotopic (exact) mass is 296 g/mol. The fraction of sp³-hybridized carbons (Fsp3) is 0.375. The summed E-state index contributed by atoms with van der Waals surface area (Å²) in [6, 6.07) is 2.24. The molecule has 0 aromatic carbocycles. The lowest BCUT2D eigenvalue weighted by Gasteiger charge is -2.09. The Bertz CT molecular complexity index is 754. The first-order valence-electron chi connectivity index (χ1n) is 6.93. The first kappa shape index (κ1) is 14.3. The van der Waals surface area contributed by atoms with Crippen LogP contribution in [0.5, 0.6) is 11.9 Å². The molecule has 0 radical (unpaired) electrons. The number of nitrogens with zero attached hydrogens (tertiary/aromatic N) is 4. The third-order valence-electron chi connectivity index (χ3n) is 3.81. The molecule has 0 aliphatic heterocycles. The van der Waals surface area contributed by atoms with E-state index in [9.17, 15) is 0 Å². The second-order valence-electron chi connectivity index (χ2n) is 5.17. The van der Waals surface area contributed by atoms with Gasteiger partial charge in [-0.1, -0.05) is 0 Å². The van der Waals surface area contributed by atoms with Crippen molar-refractivity contribution in [2.24, 2.45) is 5.92 Å². The molecule has 1 fully saturated rings. The highest BCUT2D eigenvalue weighted by Crippen LogP contribution is 2.48. The summed E-state index contributed by atoms with van der Waals surface area (Å²) >= 11 is 0. The Labute approximate surface area is 128 Å². The van der Waals surface area contributed by atoms with Crippen LogP contribution in [0.4, 0.5) is 0 Å². The normalized spacial score (nSPS) is 19.4. The van der Waals surface area contributed by atoms with E-state index in [1.54, 1.807) is 13.3 Å². The molecule has 3 rings (SSSR count).